The second-order valence-corrected chi connectivity index (χ2v) is 4.67. The van der Waals surface area contributed by atoms with Gasteiger partial charge in [-0.1, -0.05) is 6.07 Å². The maximum Gasteiger partial charge on any atom is 0.307 e. The highest BCUT2D eigenvalue weighted by Crippen LogP contribution is 2.46. The number of fused-ring (bicyclic) bond motifs is 1. The fourth-order valence-corrected chi connectivity index (χ4v) is 2.54. The van der Waals surface area contributed by atoms with Crippen LogP contribution in [0.3, 0.4) is 0 Å². The second kappa shape index (κ2) is 3.65. The van der Waals surface area contributed by atoms with E-state index < -0.39 is 11.8 Å². The molecule has 0 aromatic heterocycles. The summed E-state index contributed by atoms with van der Waals surface area (Å²) in [5.41, 5.74) is 0.745. The van der Waals surface area contributed by atoms with Crippen molar-refractivity contribution in [2.45, 2.75) is 37.9 Å². The highest BCUT2D eigenvalue weighted by Gasteiger charge is 2.43. The first-order valence-electron chi connectivity index (χ1n) is 5.90. The maximum atomic E-state index is 10.6. The lowest BCUT2D eigenvalue weighted by molar-refractivity contribution is -0.136. The Morgan fingerprint density at radius 3 is 2.65 bits per heavy atom. The summed E-state index contributed by atoms with van der Waals surface area (Å²) in [6.07, 6.45) is 4.08. The van der Waals surface area contributed by atoms with Gasteiger partial charge in [-0.25, -0.2) is 0 Å². The number of aliphatic carboxylic acids is 1. The highest BCUT2D eigenvalue weighted by atomic mass is 16.7. The van der Waals surface area contributed by atoms with Crippen molar-refractivity contribution >= 4 is 5.97 Å². The van der Waals surface area contributed by atoms with E-state index in [1.165, 1.54) is 0 Å². The summed E-state index contributed by atoms with van der Waals surface area (Å²) < 4.78 is 11.7. The van der Waals surface area contributed by atoms with Crippen LogP contribution in [0, 0.1) is 0 Å². The van der Waals surface area contributed by atoms with Crippen LogP contribution in [0.5, 0.6) is 11.5 Å². The summed E-state index contributed by atoms with van der Waals surface area (Å²) in [7, 11) is 0. The van der Waals surface area contributed by atoms with Gasteiger partial charge in [0.15, 0.2) is 11.5 Å². The molecule has 1 saturated carbocycles. The van der Waals surface area contributed by atoms with E-state index in [0.717, 1.165) is 37.0 Å². The molecule has 1 aromatic carbocycles. The van der Waals surface area contributed by atoms with Crippen LogP contribution in [0.1, 0.15) is 31.2 Å². The van der Waals surface area contributed by atoms with Gasteiger partial charge in [-0.15, -0.1) is 0 Å². The fraction of sp³-hybridized carbons (Fsp3) is 0.462. The van der Waals surface area contributed by atoms with Crippen LogP contribution in [0.25, 0.3) is 0 Å². The van der Waals surface area contributed by atoms with E-state index in [9.17, 15) is 4.79 Å². The smallest absolute Gasteiger partial charge is 0.307 e. The normalized spacial score (nSPS) is 19.8. The maximum absolute atomic E-state index is 10.6. The third-order valence-electron chi connectivity index (χ3n) is 3.32. The molecule has 0 radical (unpaired) electrons. The number of carboxylic acids is 1. The molecular weight excluding hydrogens is 220 g/mol. The minimum absolute atomic E-state index is 0.0175. The molecule has 0 amide bonds. The van der Waals surface area contributed by atoms with Gasteiger partial charge in [0.1, 0.15) is 0 Å². The summed E-state index contributed by atoms with van der Waals surface area (Å²) in [6.45, 7) is 0. The number of rotatable bonds is 2. The molecule has 1 heterocycles. The van der Waals surface area contributed by atoms with Crippen LogP contribution in [0.15, 0.2) is 18.2 Å². The Labute approximate surface area is 99.2 Å². The molecule has 3 rings (SSSR count). The van der Waals surface area contributed by atoms with Crippen molar-refractivity contribution in [3.05, 3.63) is 23.8 Å². The zero-order chi connectivity index (χ0) is 11.9. The summed E-state index contributed by atoms with van der Waals surface area (Å²) in [4.78, 5) is 10.6. The van der Waals surface area contributed by atoms with Gasteiger partial charge < -0.3 is 14.6 Å². The van der Waals surface area contributed by atoms with Crippen LogP contribution in [0.4, 0.5) is 0 Å². The van der Waals surface area contributed by atoms with Gasteiger partial charge >= 0.3 is 5.97 Å². The van der Waals surface area contributed by atoms with E-state index in [1.807, 2.05) is 0 Å². The van der Waals surface area contributed by atoms with Crippen molar-refractivity contribution in [1.82, 2.24) is 0 Å². The predicted octanol–water partition coefficient (Wildman–Crippen LogP) is 2.36. The van der Waals surface area contributed by atoms with Gasteiger partial charge in [0.05, 0.1) is 6.42 Å². The number of carbonyl (C=O) groups is 1. The van der Waals surface area contributed by atoms with Crippen molar-refractivity contribution in [1.29, 1.82) is 0 Å². The van der Waals surface area contributed by atoms with Gasteiger partial charge in [0, 0.05) is 12.8 Å². The zero-order valence-electron chi connectivity index (χ0n) is 9.44. The largest absolute Gasteiger partial charge is 0.481 e. The van der Waals surface area contributed by atoms with E-state index in [-0.39, 0.29) is 6.42 Å². The Hall–Kier alpha value is -1.71. The van der Waals surface area contributed by atoms with Crippen LogP contribution in [-0.4, -0.2) is 16.9 Å². The molecule has 0 atom stereocenters. The van der Waals surface area contributed by atoms with E-state index in [4.69, 9.17) is 14.6 Å². The molecule has 4 nitrogen and oxygen atoms in total. The van der Waals surface area contributed by atoms with Gasteiger partial charge in [0.2, 0.25) is 0 Å². The zero-order valence-corrected chi connectivity index (χ0v) is 9.44. The molecule has 1 spiro atoms. The van der Waals surface area contributed by atoms with E-state index in [2.05, 4.69) is 0 Å². The van der Waals surface area contributed by atoms with Crippen molar-refractivity contribution in [2.24, 2.45) is 0 Å². The Bertz CT molecular complexity index is 460. The molecule has 0 unspecified atom stereocenters. The van der Waals surface area contributed by atoms with E-state index >= 15 is 0 Å². The second-order valence-electron chi connectivity index (χ2n) is 4.67. The molecule has 1 aromatic rings. The predicted molar refractivity (Wildman–Crippen MR) is 60.2 cm³/mol. The number of hydrogen-bond acceptors (Lipinski definition) is 3. The van der Waals surface area contributed by atoms with E-state index in [0.29, 0.717) is 5.75 Å². The molecule has 2 aliphatic rings. The first-order valence-corrected chi connectivity index (χ1v) is 5.90. The van der Waals surface area contributed by atoms with Crippen molar-refractivity contribution in [3.8, 4) is 11.5 Å². The van der Waals surface area contributed by atoms with Crippen LogP contribution in [0.2, 0.25) is 0 Å². The number of benzene rings is 1. The standard InChI is InChI=1S/C13H14O4/c14-12(15)8-9-3-4-10-11(7-9)17-13(16-10)5-1-2-6-13/h3-4,7H,1-2,5-6,8H2,(H,14,15). The van der Waals surface area contributed by atoms with Crippen LogP contribution < -0.4 is 9.47 Å². The molecular formula is C13H14O4. The van der Waals surface area contributed by atoms with Gasteiger partial charge in [-0.05, 0) is 30.5 Å². The molecule has 0 saturated heterocycles. The van der Waals surface area contributed by atoms with Crippen LogP contribution in [-0.2, 0) is 11.2 Å². The molecule has 17 heavy (non-hydrogen) atoms. The minimum atomic E-state index is -0.834. The molecule has 0 bridgehead atoms. The summed E-state index contributed by atoms with van der Waals surface area (Å²) in [6, 6.07) is 5.36. The molecule has 4 heteroatoms. The SMILES string of the molecule is O=C(O)Cc1ccc2c(c1)OC1(CCCC1)O2. The van der Waals surface area contributed by atoms with Crippen molar-refractivity contribution in [2.75, 3.05) is 0 Å². The molecule has 1 N–H and O–H groups in total. The summed E-state index contributed by atoms with van der Waals surface area (Å²) >= 11 is 0. The number of carboxylic acid groups (broad SMARTS) is 1. The van der Waals surface area contributed by atoms with Crippen molar-refractivity contribution < 1.29 is 19.4 Å². The van der Waals surface area contributed by atoms with Gasteiger partial charge in [-0.3, -0.25) is 4.79 Å². The highest BCUT2D eigenvalue weighted by molar-refractivity contribution is 5.70. The Morgan fingerprint density at radius 1 is 1.24 bits per heavy atom. The molecule has 90 valence electrons. The first-order chi connectivity index (χ1) is 8.17. The lowest BCUT2D eigenvalue weighted by Crippen LogP contribution is -2.34. The number of ether oxygens (including phenoxy) is 2. The lowest BCUT2D eigenvalue weighted by atomic mass is 10.1. The minimum Gasteiger partial charge on any atom is -0.481 e. The summed E-state index contributed by atoms with van der Waals surface area (Å²) in [5.74, 6) is 0.121. The topological polar surface area (TPSA) is 55.8 Å². The molecule has 1 aliphatic heterocycles. The van der Waals surface area contributed by atoms with Crippen LogP contribution >= 0.6 is 0 Å². The van der Waals surface area contributed by atoms with E-state index in [1.54, 1.807) is 18.2 Å². The quantitative estimate of drug-likeness (QED) is 0.853. The number of hydrogen-bond donors (Lipinski definition) is 1. The lowest BCUT2D eigenvalue weighted by Gasteiger charge is -2.21. The molecule has 1 fully saturated rings. The van der Waals surface area contributed by atoms with Gasteiger partial charge in [0.25, 0.3) is 5.79 Å². The molecule has 1 aliphatic carbocycles. The summed E-state index contributed by atoms with van der Waals surface area (Å²) in [5, 5.41) is 8.75. The third kappa shape index (κ3) is 1.84. The average Bonchev–Trinajstić information content (AvgIpc) is 2.84. The Morgan fingerprint density at radius 2 is 1.94 bits per heavy atom. The monoisotopic (exact) mass is 234 g/mol. The van der Waals surface area contributed by atoms with Crippen molar-refractivity contribution in [3.63, 3.8) is 0 Å². The third-order valence-corrected chi connectivity index (χ3v) is 3.32. The Kier molecular flexibility index (Phi) is 2.24. The Balaban J connectivity index is 1.85. The first kappa shape index (κ1) is 10.4. The van der Waals surface area contributed by atoms with Gasteiger partial charge in [-0.2, -0.15) is 0 Å². The average molecular weight is 234 g/mol. The fourth-order valence-electron chi connectivity index (χ4n) is 2.54.